The van der Waals surface area contributed by atoms with E-state index < -0.39 is 0 Å². The summed E-state index contributed by atoms with van der Waals surface area (Å²) >= 11 is 0. The first kappa shape index (κ1) is 15.0. The van der Waals surface area contributed by atoms with Crippen LogP contribution in [0.2, 0.25) is 0 Å². The largest absolute Gasteiger partial charge is 0.369 e. The Morgan fingerprint density at radius 1 is 1.33 bits per heavy atom. The van der Waals surface area contributed by atoms with E-state index >= 15 is 0 Å². The molecule has 3 N–H and O–H groups in total. The minimum absolute atomic E-state index is 0.0261. The summed E-state index contributed by atoms with van der Waals surface area (Å²) in [7, 11) is 1.63. The molecule has 4 heteroatoms. The van der Waals surface area contributed by atoms with Crippen LogP contribution in [0.15, 0.2) is 0 Å². The molecule has 0 spiro atoms. The molecule has 2 amide bonds. The summed E-state index contributed by atoms with van der Waals surface area (Å²) < 4.78 is 0. The predicted molar refractivity (Wildman–Crippen MR) is 71.7 cm³/mol. The number of nitrogens with two attached hydrogens (primary N) is 1. The molecule has 2 atom stereocenters. The highest BCUT2D eigenvalue weighted by molar-refractivity contribution is 5.86. The Bertz CT molecular complexity index is 288. The number of primary amides is 1. The summed E-state index contributed by atoms with van der Waals surface area (Å²) in [5, 5.41) is 2.68. The maximum atomic E-state index is 12.0. The van der Waals surface area contributed by atoms with Gasteiger partial charge in [0.2, 0.25) is 11.8 Å². The minimum atomic E-state index is -0.323. The lowest BCUT2D eigenvalue weighted by molar-refractivity contribution is -0.134. The average molecular weight is 254 g/mol. The van der Waals surface area contributed by atoms with Crippen molar-refractivity contribution in [2.45, 2.75) is 51.9 Å². The molecule has 1 saturated carbocycles. The van der Waals surface area contributed by atoms with Gasteiger partial charge in [0.1, 0.15) is 0 Å². The van der Waals surface area contributed by atoms with Crippen molar-refractivity contribution in [3.63, 3.8) is 0 Å². The van der Waals surface area contributed by atoms with Gasteiger partial charge in [-0.3, -0.25) is 9.59 Å². The highest BCUT2D eigenvalue weighted by Gasteiger charge is 2.34. The number of amides is 2. The second-order valence-corrected chi connectivity index (χ2v) is 5.40. The molecule has 0 aromatic carbocycles. The van der Waals surface area contributed by atoms with Crippen LogP contribution in [0.1, 0.15) is 51.9 Å². The van der Waals surface area contributed by atoms with Crippen LogP contribution in [0.5, 0.6) is 0 Å². The number of carbonyl (C=O) groups is 2. The van der Waals surface area contributed by atoms with Gasteiger partial charge in [0, 0.05) is 18.9 Å². The smallest absolute Gasteiger partial charge is 0.223 e. The third-order valence-electron chi connectivity index (χ3n) is 4.12. The van der Waals surface area contributed by atoms with Crippen LogP contribution < -0.4 is 11.1 Å². The topological polar surface area (TPSA) is 72.2 Å². The summed E-state index contributed by atoms with van der Waals surface area (Å²) in [5.41, 5.74) is 5.49. The van der Waals surface area contributed by atoms with Crippen molar-refractivity contribution in [2.75, 3.05) is 7.05 Å². The molecule has 104 valence electrons. The highest BCUT2D eigenvalue weighted by atomic mass is 16.2. The second kappa shape index (κ2) is 7.39. The summed E-state index contributed by atoms with van der Waals surface area (Å²) in [6.07, 6.45) is 7.15. The summed E-state index contributed by atoms with van der Waals surface area (Å²) in [6, 6.07) is 0. The van der Waals surface area contributed by atoms with Crippen molar-refractivity contribution < 1.29 is 9.59 Å². The number of carbonyl (C=O) groups excluding carboxylic acids is 2. The molecule has 0 aromatic rings. The molecular weight excluding hydrogens is 228 g/mol. The van der Waals surface area contributed by atoms with E-state index in [-0.39, 0.29) is 23.7 Å². The predicted octanol–water partition coefficient (Wildman–Crippen LogP) is 1.83. The number of hydrogen-bond donors (Lipinski definition) is 2. The fourth-order valence-corrected chi connectivity index (χ4v) is 2.69. The fourth-order valence-electron chi connectivity index (χ4n) is 2.69. The molecule has 1 aliphatic carbocycles. The molecule has 0 radical (unpaired) electrons. The van der Waals surface area contributed by atoms with Gasteiger partial charge in [0.05, 0.1) is 0 Å². The van der Waals surface area contributed by atoms with Gasteiger partial charge in [0.25, 0.3) is 0 Å². The van der Waals surface area contributed by atoms with E-state index in [2.05, 4.69) is 12.2 Å². The van der Waals surface area contributed by atoms with Crippen LogP contribution in [0.25, 0.3) is 0 Å². The molecule has 18 heavy (non-hydrogen) atoms. The zero-order chi connectivity index (χ0) is 13.5. The van der Waals surface area contributed by atoms with Crippen molar-refractivity contribution in [3.8, 4) is 0 Å². The van der Waals surface area contributed by atoms with Crippen molar-refractivity contribution in [2.24, 2.45) is 23.5 Å². The summed E-state index contributed by atoms with van der Waals surface area (Å²) in [5.74, 6) is -0.274. The summed E-state index contributed by atoms with van der Waals surface area (Å²) in [4.78, 5) is 23.6. The molecule has 1 unspecified atom stereocenters. The van der Waals surface area contributed by atoms with Gasteiger partial charge in [-0.1, -0.05) is 39.0 Å². The molecule has 1 fully saturated rings. The molecular formula is C14H26N2O2. The number of rotatable bonds is 8. The first-order chi connectivity index (χ1) is 8.60. The van der Waals surface area contributed by atoms with Gasteiger partial charge in [-0.15, -0.1) is 0 Å². The number of unbranched alkanes of at least 4 members (excludes halogenated alkanes) is 1. The van der Waals surface area contributed by atoms with Crippen LogP contribution >= 0.6 is 0 Å². The lowest BCUT2D eigenvalue weighted by Crippen LogP contribution is -2.40. The van der Waals surface area contributed by atoms with E-state index in [4.69, 9.17) is 5.73 Å². The van der Waals surface area contributed by atoms with E-state index in [0.717, 1.165) is 25.7 Å². The van der Waals surface area contributed by atoms with Gasteiger partial charge < -0.3 is 11.1 Å². The van der Waals surface area contributed by atoms with E-state index in [1.54, 1.807) is 7.05 Å². The molecule has 0 saturated heterocycles. The van der Waals surface area contributed by atoms with Gasteiger partial charge in [-0.05, 0) is 18.8 Å². The van der Waals surface area contributed by atoms with E-state index in [9.17, 15) is 9.59 Å². The fraction of sp³-hybridized carbons (Fsp3) is 0.857. The van der Waals surface area contributed by atoms with Crippen molar-refractivity contribution in [1.29, 1.82) is 0 Å². The zero-order valence-corrected chi connectivity index (χ0v) is 11.6. The van der Waals surface area contributed by atoms with Gasteiger partial charge in [-0.2, -0.15) is 0 Å². The Balaban J connectivity index is 2.68. The standard InChI is InChI=1S/C14H26N2O2/c1-3-4-8-11(13(15)17)12(14(18)16-2)9-10-6-5-7-10/h10-12H,3-9H2,1-2H3,(H2,15,17)(H,16,18)/t11-,12?/m0/s1. The Kier molecular flexibility index (Phi) is 6.16. The lowest BCUT2D eigenvalue weighted by Gasteiger charge is -2.32. The van der Waals surface area contributed by atoms with E-state index in [0.29, 0.717) is 5.92 Å². The van der Waals surface area contributed by atoms with Gasteiger partial charge in [0.15, 0.2) is 0 Å². The van der Waals surface area contributed by atoms with Crippen LogP contribution in [-0.2, 0) is 9.59 Å². The van der Waals surface area contributed by atoms with Crippen molar-refractivity contribution in [1.82, 2.24) is 5.32 Å². The maximum absolute atomic E-state index is 12.0. The zero-order valence-electron chi connectivity index (χ0n) is 11.6. The van der Waals surface area contributed by atoms with Crippen molar-refractivity contribution in [3.05, 3.63) is 0 Å². The van der Waals surface area contributed by atoms with Crippen LogP contribution in [-0.4, -0.2) is 18.9 Å². The Labute approximate surface area is 110 Å². The highest BCUT2D eigenvalue weighted by Crippen LogP contribution is 2.35. The molecule has 0 aliphatic heterocycles. The molecule has 0 bridgehead atoms. The number of nitrogens with one attached hydrogen (secondary N) is 1. The van der Waals surface area contributed by atoms with E-state index in [1.165, 1.54) is 19.3 Å². The first-order valence-corrected chi connectivity index (χ1v) is 7.11. The molecule has 0 heterocycles. The second-order valence-electron chi connectivity index (χ2n) is 5.40. The maximum Gasteiger partial charge on any atom is 0.223 e. The lowest BCUT2D eigenvalue weighted by atomic mass is 9.74. The normalized spacial score (nSPS) is 18.8. The SMILES string of the molecule is CCCC[C@H](C(N)=O)C(CC1CCC1)C(=O)NC. The van der Waals surface area contributed by atoms with E-state index in [1.807, 2.05) is 0 Å². The average Bonchev–Trinajstić information content (AvgIpc) is 2.29. The van der Waals surface area contributed by atoms with Crippen molar-refractivity contribution >= 4 is 11.8 Å². The van der Waals surface area contributed by atoms with Crippen LogP contribution in [0, 0.1) is 17.8 Å². The monoisotopic (exact) mass is 254 g/mol. The summed E-state index contributed by atoms with van der Waals surface area (Å²) in [6.45, 7) is 2.08. The van der Waals surface area contributed by atoms with Gasteiger partial charge >= 0.3 is 0 Å². The third-order valence-corrected chi connectivity index (χ3v) is 4.12. The molecule has 1 aliphatic rings. The molecule has 1 rings (SSSR count). The Morgan fingerprint density at radius 3 is 2.39 bits per heavy atom. The van der Waals surface area contributed by atoms with Gasteiger partial charge in [-0.25, -0.2) is 0 Å². The Hall–Kier alpha value is -1.06. The Morgan fingerprint density at radius 2 is 2.00 bits per heavy atom. The quantitative estimate of drug-likeness (QED) is 0.693. The third kappa shape index (κ3) is 4.00. The van der Waals surface area contributed by atoms with Crippen LogP contribution in [0.4, 0.5) is 0 Å². The molecule has 0 aromatic heterocycles. The first-order valence-electron chi connectivity index (χ1n) is 7.11. The molecule has 4 nitrogen and oxygen atoms in total. The minimum Gasteiger partial charge on any atom is -0.369 e. The van der Waals surface area contributed by atoms with Crippen LogP contribution in [0.3, 0.4) is 0 Å². The number of hydrogen-bond acceptors (Lipinski definition) is 2.